The molecule has 0 aliphatic rings. The third-order valence-corrected chi connectivity index (χ3v) is 16.9. The first kappa shape index (κ1) is 76.0. The Kier molecular flexibility index (Phi) is 58.8. The van der Waals surface area contributed by atoms with E-state index in [4.69, 9.17) is 9.05 Å². The largest absolute Gasteiger partial charge is 0.472 e. The topological polar surface area (TPSA) is 105 Å². The standard InChI is InChI=1S/C68H135N2O6P/c1-6-8-10-12-14-16-18-20-22-24-26-27-28-29-30-31-32-33-34-35-36-37-38-39-40-41-42-44-46-48-50-52-54-56-58-60-62-68(72)69-66(65-76-77(73,74)75-64-63-70(3,4)5)67(71)61-59-57-55-53-51-49-47-45-43-25-23-21-19-17-15-13-11-9-7-2/h51,53,59,61,66-67,71H,6-50,52,54-58,60,62-65H2,1-5H3,(H-,69,72,73,74)/p+1/b53-51+,61-59+. The molecule has 0 aromatic heterocycles. The van der Waals surface area contributed by atoms with Crippen molar-refractivity contribution in [1.29, 1.82) is 0 Å². The minimum atomic E-state index is -4.36. The maximum absolute atomic E-state index is 13.0. The van der Waals surface area contributed by atoms with Gasteiger partial charge in [-0.3, -0.25) is 13.8 Å². The van der Waals surface area contributed by atoms with Gasteiger partial charge in [-0.1, -0.05) is 340 Å². The lowest BCUT2D eigenvalue weighted by Gasteiger charge is -2.25. The second kappa shape index (κ2) is 59.6. The number of phosphoric acid groups is 1. The lowest BCUT2D eigenvalue weighted by Crippen LogP contribution is -2.45. The number of aliphatic hydroxyl groups excluding tert-OH is 1. The van der Waals surface area contributed by atoms with Crippen molar-refractivity contribution in [2.45, 2.75) is 366 Å². The van der Waals surface area contributed by atoms with Gasteiger partial charge in [-0.2, -0.15) is 0 Å². The number of nitrogens with one attached hydrogen (secondary N) is 1. The van der Waals surface area contributed by atoms with Gasteiger partial charge in [-0.05, 0) is 32.1 Å². The summed E-state index contributed by atoms with van der Waals surface area (Å²) in [5.41, 5.74) is 0. The van der Waals surface area contributed by atoms with Crippen molar-refractivity contribution in [3.05, 3.63) is 24.3 Å². The molecule has 77 heavy (non-hydrogen) atoms. The molecule has 0 saturated carbocycles. The van der Waals surface area contributed by atoms with E-state index >= 15 is 0 Å². The minimum Gasteiger partial charge on any atom is -0.387 e. The highest BCUT2D eigenvalue weighted by Crippen LogP contribution is 2.43. The van der Waals surface area contributed by atoms with Crippen molar-refractivity contribution < 1.29 is 32.9 Å². The molecule has 3 unspecified atom stereocenters. The molecule has 0 aromatic carbocycles. The molecule has 0 aromatic rings. The van der Waals surface area contributed by atoms with Crippen molar-refractivity contribution in [2.24, 2.45) is 0 Å². The smallest absolute Gasteiger partial charge is 0.387 e. The van der Waals surface area contributed by atoms with Gasteiger partial charge in [-0.15, -0.1) is 0 Å². The number of hydrogen-bond donors (Lipinski definition) is 3. The lowest BCUT2D eigenvalue weighted by molar-refractivity contribution is -0.870. The fourth-order valence-electron chi connectivity index (χ4n) is 10.6. The highest BCUT2D eigenvalue weighted by Gasteiger charge is 2.28. The van der Waals surface area contributed by atoms with Gasteiger partial charge < -0.3 is 19.8 Å². The first-order valence-electron chi connectivity index (χ1n) is 34.2. The van der Waals surface area contributed by atoms with E-state index in [-0.39, 0.29) is 19.1 Å². The Bertz CT molecular complexity index is 1300. The normalized spacial score (nSPS) is 13.8. The molecule has 1 amide bonds. The van der Waals surface area contributed by atoms with Gasteiger partial charge in [0.25, 0.3) is 0 Å². The van der Waals surface area contributed by atoms with Crippen molar-refractivity contribution in [2.75, 3.05) is 40.9 Å². The van der Waals surface area contributed by atoms with Gasteiger partial charge in [0.2, 0.25) is 5.91 Å². The number of nitrogens with zero attached hydrogens (tertiary/aromatic N) is 1. The Morgan fingerprint density at radius 2 is 0.714 bits per heavy atom. The van der Waals surface area contributed by atoms with Gasteiger partial charge in [0.05, 0.1) is 39.9 Å². The SMILES string of the molecule is CCCCCCCCCCCCCCC/C=C/CC/C=C/C(O)C(COP(=O)(O)OCC[N+](C)(C)C)NC(=O)CCCCCCCCCCCCCCCCCCCCCCCCCCCCCCCCCCCCCC. The Morgan fingerprint density at radius 1 is 0.429 bits per heavy atom. The molecule has 0 radical (unpaired) electrons. The monoisotopic (exact) mass is 1110 g/mol. The summed E-state index contributed by atoms with van der Waals surface area (Å²) in [6.07, 6.45) is 77.7. The van der Waals surface area contributed by atoms with E-state index in [1.165, 1.54) is 295 Å². The molecule has 0 heterocycles. The number of likely N-dealkylation sites (N-methyl/N-ethyl adjacent to an activating group) is 1. The first-order chi connectivity index (χ1) is 37.5. The number of hydrogen-bond acceptors (Lipinski definition) is 5. The van der Waals surface area contributed by atoms with Gasteiger partial charge in [-0.25, -0.2) is 4.57 Å². The maximum Gasteiger partial charge on any atom is 0.472 e. The van der Waals surface area contributed by atoms with Crippen LogP contribution in [0.25, 0.3) is 0 Å². The van der Waals surface area contributed by atoms with Crippen molar-refractivity contribution in [3.63, 3.8) is 0 Å². The zero-order valence-corrected chi connectivity index (χ0v) is 53.4. The molecule has 9 heteroatoms. The maximum atomic E-state index is 13.0. The van der Waals surface area contributed by atoms with Crippen LogP contribution in [0.15, 0.2) is 24.3 Å². The first-order valence-corrected chi connectivity index (χ1v) is 35.7. The van der Waals surface area contributed by atoms with E-state index in [2.05, 4.69) is 31.3 Å². The lowest BCUT2D eigenvalue weighted by atomic mass is 10.0. The number of quaternary nitrogens is 1. The predicted octanol–water partition coefficient (Wildman–Crippen LogP) is 21.5. The quantitative estimate of drug-likeness (QED) is 0.0243. The van der Waals surface area contributed by atoms with Crippen LogP contribution in [0.1, 0.15) is 354 Å². The molecule has 3 N–H and O–H groups in total. The van der Waals surface area contributed by atoms with E-state index < -0.39 is 20.0 Å². The second-order valence-electron chi connectivity index (χ2n) is 24.9. The van der Waals surface area contributed by atoms with Gasteiger partial charge in [0, 0.05) is 6.42 Å². The Morgan fingerprint density at radius 3 is 1.04 bits per heavy atom. The number of allylic oxidation sites excluding steroid dienone is 3. The van der Waals surface area contributed by atoms with Gasteiger partial charge in [0.1, 0.15) is 13.2 Å². The number of unbranched alkanes of at least 4 members (excludes halogenated alkanes) is 49. The molecular formula is C68H136N2O6P+. The molecule has 0 spiro atoms. The fraction of sp³-hybridized carbons (Fsp3) is 0.926. The van der Waals surface area contributed by atoms with Crippen LogP contribution in [0.3, 0.4) is 0 Å². The summed E-state index contributed by atoms with van der Waals surface area (Å²) in [7, 11) is 1.57. The average Bonchev–Trinajstić information content (AvgIpc) is 3.39. The summed E-state index contributed by atoms with van der Waals surface area (Å²) in [5.74, 6) is -0.179. The number of amides is 1. The van der Waals surface area contributed by atoms with Crippen molar-refractivity contribution in [3.8, 4) is 0 Å². The number of aliphatic hydroxyl groups is 1. The average molecular weight is 1110 g/mol. The van der Waals surface area contributed by atoms with Crippen molar-refractivity contribution >= 4 is 13.7 Å². The Hall–Kier alpha value is -1.02. The van der Waals surface area contributed by atoms with Crippen LogP contribution in [0, 0.1) is 0 Å². The van der Waals surface area contributed by atoms with Gasteiger partial charge in [0.15, 0.2) is 0 Å². The van der Waals surface area contributed by atoms with Crippen LogP contribution in [-0.2, 0) is 18.4 Å². The molecule has 0 saturated heterocycles. The van der Waals surface area contributed by atoms with Crippen LogP contribution < -0.4 is 5.32 Å². The van der Waals surface area contributed by atoms with Crippen LogP contribution in [-0.4, -0.2) is 73.4 Å². The molecule has 0 aliphatic carbocycles. The van der Waals surface area contributed by atoms with Crippen LogP contribution in [0.2, 0.25) is 0 Å². The third-order valence-electron chi connectivity index (χ3n) is 15.9. The number of carbonyl (C=O) groups excluding carboxylic acids is 1. The molecule has 3 atom stereocenters. The van der Waals surface area contributed by atoms with E-state index in [0.29, 0.717) is 17.4 Å². The zero-order valence-electron chi connectivity index (χ0n) is 52.5. The summed E-state index contributed by atoms with van der Waals surface area (Å²) in [6, 6.07) is -0.861. The molecule has 458 valence electrons. The second-order valence-corrected chi connectivity index (χ2v) is 26.4. The highest BCUT2D eigenvalue weighted by molar-refractivity contribution is 7.47. The van der Waals surface area contributed by atoms with Crippen molar-refractivity contribution in [1.82, 2.24) is 5.32 Å². The van der Waals surface area contributed by atoms with Crippen LogP contribution in [0.5, 0.6) is 0 Å². The molecule has 0 rings (SSSR count). The van der Waals surface area contributed by atoms with E-state index in [9.17, 15) is 19.4 Å². The number of phosphoric ester groups is 1. The van der Waals surface area contributed by atoms with Crippen LogP contribution in [0.4, 0.5) is 0 Å². The zero-order chi connectivity index (χ0) is 56.3. The van der Waals surface area contributed by atoms with Gasteiger partial charge >= 0.3 is 7.82 Å². The Balaban J connectivity index is 3.97. The number of rotatable bonds is 64. The summed E-state index contributed by atoms with van der Waals surface area (Å²) in [5, 5.41) is 14.0. The fourth-order valence-corrected chi connectivity index (χ4v) is 11.3. The summed E-state index contributed by atoms with van der Waals surface area (Å²) < 4.78 is 23.8. The molecule has 0 fully saturated rings. The third kappa shape index (κ3) is 62.4. The summed E-state index contributed by atoms with van der Waals surface area (Å²) in [6.45, 7) is 4.85. The predicted molar refractivity (Wildman–Crippen MR) is 337 cm³/mol. The van der Waals surface area contributed by atoms with E-state index in [1.54, 1.807) is 6.08 Å². The minimum absolute atomic E-state index is 0.0589. The number of carbonyl (C=O) groups is 1. The van der Waals surface area contributed by atoms with Crippen LogP contribution >= 0.6 is 7.82 Å². The summed E-state index contributed by atoms with van der Waals surface area (Å²) in [4.78, 5) is 23.4. The molecule has 8 nitrogen and oxygen atoms in total. The Labute approximate surface area is 481 Å². The summed E-state index contributed by atoms with van der Waals surface area (Å²) >= 11 is 0. The molecular weight excluding hydrogens is 972 g/mol. The van der Waals surface area contributed by atoms with E-state index in [0.717, 1.165) is 38.5 Å². The van der Waals surface area contributed by atoms with E-state index in [1.807, 2.05) is 27.2 Å². The molecule has 0 aliphatic heterocycles. The highest BCUT2D eigenvalue weighted by atomic mass is 31.2. The molecule has 0 bridgehead atoms.